The topological polar surface area (TPSA) is 16.4 Å². The predicted octanol–water partition coefficient (Wildman–Crippen LogP) is 16.2. The fourth-order valence-corrected chi connectivity index (χ4v) is 9.86. The summed E-state index contributed by atoms with van der Waals surface area (Å²) in [5, 5.41) is 9.51. The van der Waals surface area contributed by atoms with Gasteiger partial charge in [0, 0.05) is 44.7 Å². The van der Waals surface area contributed by atoms with Crippen LogP contribution in [0.5, 0.6) is 0 Å². The molecular formula is C57H39NO. The van der Waals surface area contributed by atoms with Gasteiger partial charge in [0.1, 0.15) is 11.2 Å². The Hall–Kier alpha value is -7.42. The van der Waals surface area contributed by atoms with E-state index in [1.54, 1.807) is 0 Å². The molecule has 0 radical (unpaired) electrons. The fourth-order valence-electron chi connectivity index (χ4n) is 9.86. The Bertz CT molecular complexity index is 3470. The zero-order chi connectivity index (χ0) is 39.2. The second-order valence-electron chi connectivity index (χ2n) is 16.5. The average molecular weight is 754 g/mol. The van der Waals surface area contributed by atoms with Gasteiger partial charge in [-0.15, -0.1) is 0 Å². The third-order valence-electron chi connectivity index (χ3n) is 12.8. The molecule has 1 aliphatic carbocycles. The summed E-state index contributed by atoms with van der Waals surface area (Å²) in [6, 6.07) is 73.1. The van der Waals surface area contributed by atoms with Crippen LogP contribution in [0.4, 0.5) is 17.1 Å². The number of fused-ring (bicyclic) bond motifs is 10. The van der Waals surface area contributed by atoms with Crippen molar-refractivity contribution >= 4 is 71.3 Å². The van der Waals surface area contributed by atoms with Crippen LogP contribution in [-0.4, -0.2) is 0 Å². The van der Waals surface area contributed by atoms with Crippen molar-refractivity contribution < 1.29 is 4.42 Å². The predicted molar refractivity (Wildman–Crippen MR) is 249 cm³/mol. The maximum absolute atomic E-state index is 6.94. The van der Waals surface area contributed by atoms with Crippen LogP contribution in [0.1, 0.15) is 25.0 Å². The van der Waals surface area contributed by atoms with Crippen LogP contribution in [0.15, 0.2) is 205 Å². The molecule has 0 fully saturated rings. The van der Waals surface area contributed by atoms with Gasteiger partial charge in [-0.05, 0) is 120 Å². The van der Waals surface area contributed by atoms with Gasteiger partial charge in [-0.3, -0.25) is 0 Å². The Morgan fingerprint density at radius 3 is 1.85 bits per heavy atom. The monoisotopic (exact) mass is 753 g/mol. The van der Waals surface area contributed by atoms with Gasteiger partial charge in [-0.25, -0.2) is 0 Å². The molecular weight excluding hydrogens is 715 g/mol. The van der Waals surface area contributed by atoms with Gasteiger partial charge in [0.25, 0.3) is 0 Å². The van der Waals surface area contributed by atoms with Crippen molar-refractivity contribution in [2.45, 2.75) is 19.3 Å². The van der Waals surface area contributed by atoms with E-state index in [2.05, 4.69) is 219 Å². The summed E-state index contributed by atoms with van der Waals surface area (Å²) < 4.78 is 6.94. The zero-order valence-electron chi connectivity index (χ0n) is 32.9. The molecule has 0 amide bonds. The molecule has 0 unspecified atom stereocenters. The van der Waals surface area contributed by atoms with Gasteiger partial charge >= 0.3 is 0 Å². The highest BCUT2D eigenvalue weighted by atomic mass is 16.3. The Kier molecular flexibility index (Phi) is 7.31. The second-order valence-corrected chi connectivity index (χ2v) is 16.5. The van der Waals surface area contributed by atoms with E-state index in [4.69, 9.17) is 4.42 Å². The standard InChI is InChI=1S/C57H39NO/c1-57(2)53-21-10-9-18-47(53)48-30-28-42(33-54(48)57)58(41-26-24-37(25-27-41)40-23-22-36-12-3-4-14-39(36)32-40)43-29-31-49-52-35-51(45-20-11-15-38-13-5-6-16-44(38)45)46-17-7-8-19-50(46)56(52)59-55(49)34-43/h3-35H,1-2H3. The second kappa shape index (κ2) is 12.8. The number of benzene rings is 10. The zero-order valence-corrected chi connectivity index (χ0v) is 32.9. The van der Waals surface area contributed by atoms with Crippen molar-refractivity contribution in [1.29, 1.82) is 0 Å². The Morgan fingerprint density at radius 2 is 0.983 bits per heavy atom. The van der Waals surface area contributed by atoms with Gasteiger partial charge in [0.2, 0.25) is 0 Å². The number of hydrogen-bond donors (Lipinski definition) is 0. The van der Waals surface area contributed by atoms with E-state index in [1.165, 1.54) is 71.4 Å². The van der Waals surface area contributed by atoms with Crippen LogP contribution in [-0.2, 0) is 5.41 Å². The van der Waals surface area contributed by atoms with Gasteiger partial charge < -0.3 is 9.32 Å². The summed E-state index contributed by atoms with van der Waals surface area (Å²) in [5.74, 6) is 0. The first-order valence-corrected chi connectivity index (χ1v) is 20.5. The summed E-state index contributed by atoms with van der Waals surface area (Å²) in [4.78, 5) is 2.38. The molecule has 2 nitrogen and oxygen atoms in total. The molecule has 0 N–H and O–H groups in total. The number of rotatable bonds is 5. The lowest BCUT2D eigenvalue weighted by atomic mass is 9.82. The molecule has 0 atom stereocenters. The normalized spacial score (nSPS) is 13.1. The van der Waals surface area contributed by atoms with Crippen molar-refractivity contribution in [3.63, 3.8) is 0 Å². The molecule has 59 heavy (non-hydrogen) atoms. The molecule has 2 heteroatoms. The van der Waals surface area contributed by atoms with Crippen LogP contribution >= 0.6 is 0 Å². The first-order chi connectivity index (χ1) is 29.0. The molecule has 0 saturated heterocycles. The van der Waals surface area contributed by atoms with E-state index in [9.17, 15) is 0 Å². The van der Waals surface area contributed by atoms with E-state index in [0.717, 1.165) is 44.4 Å². The minimum absolute atomic E-state index is 0.126. The Morgan fingerprint density at radius 1 is 0.356 bits per heavy atom. The number of anilines is 3. The minimum Gasteiger partial charge on any atom is -0.455 e. The van der Waals surface area contributed by atoms with Gasteiger partial charge in [0.05, 0.1) is 0 Å². The van der Waals surface area contributed by atoms with Crippen LogP contribution in [0, 0.1) is 0 Å². The molecule has 12 rings (SSSR count). The summed E-state index contributed by atoms with van der Waals surface area (Å²) in [6.45, 7) is 4.70. The third kappa shape index (κ3) is 5.20. The molecule has 278 valence electrons. The van der Waals surface area contributed by atoms with Crippen molar-refractivity contribution in [3.8, 4) is 33.4 Å². The summed E-state index contributed by atoms with van der Waals surface area (Å²) in [6.07, 6.45) is 0. The van der Waals surface area contributed by atoms with E-state index in [0.29, 0.717) is 0 Å². The lowest BCUT2D eigenvalue weighted by molar-refractivity contribution is 0.660. The molecule has 0 spiro atoms. The summed E-state index contributed by atoms with van der Waals surface area (Å²) in [7, 11) is 0. The highest BCUT2D eigenvalue weighted by Crippen LogP contribution is 2.51. The Labute approximate surface area is 343 Å². The fraction of sp³-hybridized carbons (Fsp3) is 0.0526. The molecule has 1 aromatic heterocycles. The average Bonchev–Trinajstić information content (AvgIpc) is 3.77. The molecule has 11 aromatic rings. The maximum atomic E-state index is 6.94. The van der Waals surface area contributed by atoms with E-state index in [1.807, 2.05) is 0 Å². The molecule has 1 aliphatic rings. The van der Waals surface area contributed by atoms with Crippen LogP contribution in [0.25, 0.3) is 87.6 Å². The van der Waals surface area contributed by atoms with Gasteiger partial charge in [-0.2, -0.15) is 0 Å². The molecule has 0 saturated carbocycles. The van der Waals surface area contributed by atoms with Crippen molar-refractivity contribution in [2.75, 3.05) is 4.90 Å². The Balaban J connectivity index is 1.03. The molecule has 0 bridgehead atoms. The molecule has 1 heterocycles. The quantitative estimate of drug-likeness (QED) is 0.174. The number of hydrogen-bond acceptors (Lipinski definition) is 2. The van der Waals surface area contributed by atoms with Gasteiger partial charge in [0.15, 0.2) is 0 Å². The van der Waals surface area contributed by atoms with Crippen molar-refractivity contribution in [1.82, 2.24) is 0 Å². The largest absolute Gasteiger partial charge is 0.455 e. The van der Waals surface area contributed by atoms with Crippen molar-refractivity contribution in [2.24, 2.45) is 0 Å². The first-order valence-electron chi connectivity index (χ1n) is 20.5. The highest BCUT2D eigenvalue weighted by molar-refractivity contribution is 6.21. The highest BCUT2D eigenvalue weighted by Gasteiger charge is 2.35. The summed E-state index contributed by atoms with van der Waals surface area (Å²) >= 11 is 0. The molecule has 0 aliphatic heterocycles. The van der Waals surface area contributed by atoms with E-state index in [-0.39, 0.29) is 5.41 Å². The first kappa shape index (κ1) is 33.7. The lowest BCUT2D eigenvalue weighted by Gasteiger charge is -2.28. The maximum Gasteiger partial charge on any atom is 0.143 e. The third-order valence-corrected chi connectivity index (χ3v) is 12.8. The van der Waals surface area contributed by atoms with Crippen LogP contribution in [0.2, 0.25) is 0 Å². The minimum atomic E-state index is -0.126. The van der Waals surface area contributed by atoms with E-state index >= 15 is 0 Å². The lowest BCUT2D eigenvalue weighted by Crippen LogP contribution is -2.16. The molecule has 10 aromatic carbocycles. The van der Waals surface area contributed by atoms with Crippen molar-refractivity contribution in [3.05, 3.63) is 211 Å². The van der Waals surface area contributed by atoms with Crippen LogP contribution < -0.4 is 4.90 Å². The van der Waals surface area contributed by atoms with Gasteiger partial charge in [-0.1, -0.05) is 159 Å². The van der Waals surface area contributed by atoms with E-state index < -0.39 is 0 Å². The van der Waals surface area contributed by atoms with Crippen LogP contribution in [0.3, 0.4) is 0 Å². The summed E-state index contributed by atoms with van der Waals surface area (Å²) in [5.41, 5.74) is 15.1. The number of furan rings is 1. The smallest absolute Gasteiger partial charge is 0.143 e. The number of nitrogens with zero attached hydrogens (tertiary/aromatic N) is 1. The SMILES string of the molecule is CC1(C)c2ccccc2-c2ccc(N(c3ccc(-c4ccc5ccccc5c4)cc3)c3ccc4c(c3)oc3c5ccccc5c(-c5cccc6ccccc56)cc43)cc21.